The molecule has 5 heteroatoms. The Morgan fingerprint density at radius 3 is 2.52 bits per heavy atom. The number of ketones is 1. The first kappa shape index (κ1) is 14.2. The van der Waals surface area contributed by atoms with Crippen LogP contribution in [0.25, 0.3) is 0 Å². The maximum atomic E-state index is 13.4. The van der Waals surface area contributed by atoms with Gasteiger partial charge < -0.3 is 9.80 Å². The Morgan fingerprint density at radius 1 is 1.10 bits per heavy atom. The van der Waals surface area contributed by atoms with Crippen LogP contribution in [0.1, 0.15) is 35.2 Å². The van der Waals surface area contributed by atoms with Gasteiger partial charge in [-0.05, 0) is 50.6 Å². The van der Waals surface area contributed by atoms with E-state index in [1.165, 1.54) is 36.3 Å². The zero-order valence-electron chi connectivity index (χ0n) is 12.2. The minimum absolute atomic E-state index is 0.205. The Labute approximate surface area is 123 Å². The predicted octanol–water partition coefficient (Wildman–Crippen LogP) is 2.15. The fourth-order valence-electron chi connectivity index (χ4n) is 3.24. The standard InChI is InChI=1S/C16H19FN2O2/c1-11-9-12(17)10-13-14(11)19(16(21)15(13)20)8-7-18-5-3-2-4-6-18/h9-10H,2-8H2,1H3. The highest BCUT2D eigenvalue weighted by Gasteiger charge is 2.37. The summed E-state index contributed by atoms with van der Waals surface area (Å²) in [7, 11) is 0. The molecule has 0 spiro atoms. The number of rotatable bonds is 3. The number of carbonyl (C=O) groups is 2. The maximum absolute atomic E-state index is 13.4. The van der Waals surface area contributed by atoms with Gasteiger partial charge in [-0.3, -0.25) is 9.59 Å². The third-order valence-corrected chi connectivity index (χ3v) is 4.31. The van der Waals surface area contributed by atoms with Gasteiger partial charge in [0.25, 0.3) is 11.7 Å². The molecule has 112 valence electrons. The van der Waals surface area contributed by atoms with E-state index >= 15 is 0 Å². The minimum Gasteiger partial charge on any atom is -0.303 e. The number of anilines is 1. The molecular formula is C16H19FN2O2. The van der Waals surface area contributed by atoms with Crippen molar-refractivity contribution in [1.29, 1.82) is 0 Å². The fourth-order valence-corrected chi connectivity index (χ4v) is 3.24. The number of aryl methyl sites for hydroxylation is 1. The Balaban J connectivity index is 1.80. The lowest BCUT2D eigenvalue weighted by molar-refractivity contribution is -0.114. The van der Waals surface area contributed by atoms with E-state index in [0.717, 1.165) is 19.6 Å². The molecule has 0 bridgehead atoms. The maximum Gasteiger partial charge on any atom is 0.299 e. The fraction of sp³-hybridized carbons (Fsp3) is 0.500. The van der Waals surface area contributed by atoms with Gasteiger partial charge in [-0.15, -0.1) is 0 Å². The first-order valence-electron chi connectivity index (χ1n) is 7.46. The van der Waals surface area contributed by atoms with Crippen molar-refractivity contribution in [2.75, 3.05) is 31.1 Å². The summed E-state index contributed by atoms with van der Waals surface area (Å²) < 4.78 is 13.4. The number of nitrogens with zero attached hydrogens (tertiary/aromatic N) is 2. The van der Waals surface area contributed by atoms with Gasteiger partial charge in [-0.2, -0.15) is 0 Å². The van der Waals surface area contributed by atoms with E-state index in [-0.39, 0.29) is 5.56 Å². The lowest BCUT2D eigenvalue weighted by atomic mass is 10.1. The predicted molar refractivity (Wildman–Crippen MR) is 78.1 cm³/mol. The van der Waals surface area contributed by atoms with Gasteiger partial charge >= 0.3 is 0 Å². The topological polar surface area (TPSA) is 40.6 Å². The van der Waals surface area contributed by atoms with Gasteiger partial charge in [0.15, 0.2) is 0 Å². The SMILES string of the molecule is Cc1cc(F)cc2c1N(CCN1CCCCC1)C(=O)C2=O. The van der Waals surface area contributed by atoms with Gasteiger partial charge in [0.1, 0.15) is 5.82 Å². The van der Waals surface area contributed by atoms with Gasteiger partial charge in [-0.25, -0.2) is 4.39 Å². The first-order valence-corrected chi connectivity index (χ1v) is 7.46. The molecule has 0 atom stereocenters. The van der Waals surface area contributed by atoms with Crippen molar-refractivity contribution in [3.63, 3.8) is 0 Å². The van der Waals surface area contributed by atoms with Gasteiger partial charge in [0, 0.05) is 13.1 Å². The average Bonchev–Trinajstić information content (AvgIpc) is 2.71. The highest BCUT2D eigenvalue weighted by Crippen LogP contribution is 2.33. The summed E-state index contributed by atoms with van der Waals surface area (Å²) in [6.45, 7) is 5.08. The third kappa shape index (κ3) is 2.58. The van der Waals surface area contributed by atoms with Crippen LogP contribution in [-0.4, -0.2) is 42.8 Å². The second-order valence-corrected chi connectivity index (χ2v) is 5.81. The van der Waals surface area contributed by atoms with E-state index in [1.807, 2.05) is 0 Å². The van der Waals surface area contributed by atoms with Crippen LogP contribution in [0.2, 0.25) is 0 Å². The monoisotopic (exact) mass is 290 g/mol. The lowest BCUT2D eigenvalue weighted by Gasteiger charge is -2.28. The van der Waals surface area contributed by atoms with Crippen molar-refractivity contribution in [2.45, 2.75) is 26.2 Å². The molecule has 0 aromatic heterocycles. The van der Waals surface area contributed by atoms with Gasteiger partial charge in [0.05, 0.1) is 11.3 Å². The molecule has 21 heavy (non-hydrogen) atoms. The van der Waals surface area contributed by atoms with E-state index in [4.69, 9.17) is 0 Å². The molecule has 2 aliphatic rings. The lowest BCUT2D eigenvalue weighted by Crippen LogP contribution is -2.40. The molecule has 1 amide bonds. The van der Waals surface area contributed by atoms with Crippen LogP contribution in [0, 0.1) is 12.7 Å². The number of likely N-dealkylation sites (tertiary alicyclic amines) is 1. The van der Waals surface area contributed by atoms with Gasteiger partial charge in [0.2, 0.25) is 0 Å². The summed E-state index contributed by atoms with van der Waals surface area (Å²) in [6.07, 6.45) is 3.64. The molecule has 1 fully saturated rings. The average molecular weight is 290 g/mol. The Bertz CT molecular complexity index is 594. The smallest absolute Gasteiger partial charge is 0.299 e. The number of Topliss-reactive ketones (excluding diaryl/α,β-unsaturated/α-hetero) is 1. The molecule has 1 aromatic rings. The zero-order valence-corrected chi connectivity index (χ0v) is 12.2. The summed E-state index contributed by atoms with van der Waals surface area (Å²) in [5, 5.41) is 0. The first-order chi connectivity index (χ1) is 10.1. The summed E-state index contributed by atoms with van der Waals surface area (Å²) in [5.74, 6) is -1.59. The molecular weight excluding hydrogens is 271 g/mol. The van der Waals surface area contributed by atoms with E-state index in [9.17, 15) is 14.0 Å². The van der Waals surface area contributed by atoms with Crippen LogP contribution in [0.15, 0.2) is 12.1 Å². The van der Waals surface area contributed by atoms with Crippen molar-refractivity contribution in [1.82, 2.24) is 4.90 Å². The molecule has 0 radical (unpaired) electrons. The van der Waals surface area contributed by atoms with Crippen LogP contribution in [-0.2, 0) is 4.79 Å². The number of fused-ring (bicyclic) bond motifs is 1. The molecule has 1 aromatic carbocycles. The van der Waals surface area contributed by atoms with Crippen molar-refractivity contribution in [3.05, 3.63) is 29.1 Å². The normalized spacial score (nSPS) is 19.2. The molecule has 0 aliphatic carbocycles. The molecule has 2 heterocycles. The van der Waals surface area contributed by atoms with E-state index in [2.05, 4.69) is 4.90 Å². The number of amides is 1. The number of benzene rings is 1. The number of piperidine rings is 1. The number of halogens is 1. The van der Waals surface area contributed by atoms with Crippen molar-refractivity contribution < 1.29 is 14.0 Å². The van der Waals surface area contributed by atoms with Crippen LogP contribution in [0.4, 0.5) is 10.1 Å². The van der Waals surface area contributed by atoms with Crippen molar-refractivity contribution in [2.24, 2.45) is 0 Å². The quantitative estimate of drug-likeness (QED) is 0.801. The molecule has 0 N–H and O–H groups in total. The molecule has 2 aliphatic heterocycles. The number of hydrogen-bond acceptors (Lipinski definition) is 3. The second-order valence-electron chi connectivity index (χ2n) is 5.81. The summed E-state index contributed by atoms with van der Waals surface area (Å²) in [5.41, 5.74) is 1.43. The molecule has 0 unspecified atom stereocenters. The summed E-state index contributed by atoms with van der Waals surface area (Å²) in [6, 6.07) is 2.54. The Hall–Kier alpha value is -1.75. The number of hydrogen-bond donors (Lipinski definition) is 0. The highest BCUT2D eigenvalue weighted by molar-refractivity contribution is 6.52. The van der Waals surface area contributed by atoms with Crippen LogP contribution in [0.5, 0.6) is 0 Å². The van der Waals surface area contributed by atoms with Crippen molar-refractivity contribution >= 4 is 17.4 Å². The number of carbonyl (C=O) groups excluding carboxylic acids is 2. The highest BCUT2D eigenvalue weighted by atomic mass is 19.1. The molecule has 3 rings (SSSR count). The van der Waals surface area contributed by atoms with Crippen LogP contribution >= 0.6 is 0 Å². The van der Waals surface area contributed by atoms with E-state index < -0.39 is 17.5 Å². The van der Waals surface area contributed by atoms with E-state index in [1.54, 1.807) is 6.92 Å². The van der Waals surface area contributed by atoms with Crippen LogP contribution < -0.4 is 4.90 Å². The van der Waals surface area contributed by atoms with Crippen LogP contribution in [0.3, 0.4) is 0 Å². The van der Waals surface area contributed by atoms with Crippen molar-refractivity contribution in [3.8, 4) is 0 Å². The van der Waals surface area contributed by atoms with E-state index in [0.29, 0.717) is 17.8 Å². The second kappa shape index (κ2) is 5.56. The third-order valence-electron chi connectivity index (χ3n) is 4.31. The largest absolute Gasteiger partial charge is 0.303 e. The molecule has 1 saturated heterocycles. The summed E-state index contributed by atoms with van der Waals surface area (Å²) in [4.78, 5) is 28.0. The molecule has 4 nitrogen and oxygen atoms in total. The Morgan fingerprint density at radius 2 is 1.81 bits per heavy atom. The van der Waals surface area contributed by atoms with Gasteiger partial charge in [-0.1, -0.05) is 6.42 Å². The Kier molecular flexibility index (Phi) is 3.76. The molecule has 0 saturated carbocycles. The zero-order chi connectivity index (χ0) is 15.0. The minimum atomic E-state index is -0.591. The summed E-state index contributed by atoms with van der Waals surface area (Å²) >= 11 is 0.